The number of aryl methyl sites for hydroxylation is 1. The van der Waals surface area contributed by atoms with Gasteiger partial charge in [0.25, 0.3) is 20.9 Å². The summed E-state index contributed by atoms with van der Waals surface area (Å²) < 4.78 is 68.2. The lowest BCUT2D eigenvalue weighted by Gasteiger charge is -2.35. The van der Waals surface area contributed by atoms with Crippen LogP contribution < -0.4 is 35.9 Å². The van der Waals surface area contributed by atoms with Crippen LogP contribution in [0.5, 0.6) is 5.75 Å². The molecule has 0 aromatic heterocycles. The number of piperidine rings is 1. The molecule has 2 amide bonds. The van der Waals surface area contributed by atoms with Gasteiger partial charge in [-0.05, 0) is 56.2 Å². The van der Waals surface area contributed by atoms with Gasteiger partial charge in [0.05, 0.1) is 4.90 Å². The Labute approximate surface area is 215 Å². The van der Waals surface area contributed by atoms with E-state index in [4.69, 9.17) is 0 Å². The highest BCUT2D eigenvalue weighted by Gasteiger charge is 2.32. The molecule has 0 unspecified atom stereocenters. The third-order valence-corrected chi connectivity index (χ3v) is 7.31. The number of halogens is 3. The fourth-order valence-corrected chi connectivity index (χ4v) is 5.10. The third-order valence-electron chi connectivity index (χ3n) is 5.95. The van der Waals surface area contributed by atoms with Crippen LogP contribution in [0, 0.1) is 6.92 Å². The van der Waals surface area contributed by atoms with E-state index < -0.39 is 39.0 Å². The number of hydrogen-bond acceptors (Lipinski definition) is 7. The molecule has 1 saturated heterocycles. The van der Waals surface area contributed by atoms with E-state index in [1.165, 1.54) is 24.3 Å². The molecular weight excluding hydrogens is 529 g/mol. The molecule has 1 heterocycles. The van der Waals surface area contributed by atoms with Crippen molar-refractivity contribution in [3.8, 4) is 5.75 Å². The molecule has 0 saturated carbocycles. The number of anilines is 3. The van der Waals surface area contributed by atoms with Crippen molar-refractivity contribution in [1.82, 2.24) is 5.32 Å². The normalized spacial score (nSPS) is 14.8. The van der Waals surface area contributed by atoms with Crippen molar-refractivity contribution in [2.45, 2.75) is 37.1 Å². The molecule has 0 bridgehead atoms. The molecule has 1 aliphatic heterocycles. The van der Waals surface area contributed by atoms with E-state index in [0.717, 1.165) is 17.7 Å². The summed E-state index contributed by atoms with van der Waals surface area (Å²) in [4.78, 5) is 38.3. The average Bonchev–Trinajstić information content (AvgIpc) is 2.85. The number of carbonyl (C=O) groups excluding carboxylic acids is 1. The molecule has 4 rings (SSSR count). The second-order valence-corrected chi connectivity index (χ2v) is 10.4. The molecule has 3 N–H and O–H groups in total. The first kappa shape index (κ1) is 27.0. The predicted octanol–water partition coefficient (Wildman–Crippen LogP) is 3.08. The topological polar surface area (TPSA) is 134 Å². The Hall–Kier alpha value is -4.07. The van der Waals surface area contributed by atoms with Crippen LogP contribution in [0.2, 0.25) is 0 Å². The van der Waals surface area contributed by atoms with E-state index in [-0.39, 0.29) is 41.1 Å². The monoisotopic (exact) mass is 552 g/mol. The number of amides is 2. The average molecular weight is 553 g/mol. The van der Waals surface area contributed by atoms with Crippen LogP contribution in [0.3, 0.4) is 0 Å². The van der Waals surface area contributed by atoms with Crippen LogP contribution >= 0.6 is 0 Å². The number of ether oxygens (including phenoxy) is 1. The van der Waals surface area contributed by atoms with Gasteiger partial charge >= 0.3 is 12.4 Å². The van der Waals surface area contributed by atoms with Gasteiger partial charge in [-0.15, -0.1) is 13.2 Å². The number of carbonyl (C=O) groups is 1. The Morgan fingerprint density at radius 3 is 2.16 bits per heavy atom. The summed E-state index contributed by atoms with van der Waals surface area (Å²) in [5.41, 5.74) is -0.871. The minimum atomic E-state index is -4.82. The van der Waals surface area contributed by atoms with Gasteiger partial charge in [-0.25, -0.2) is 13.2 Å². The van der Waals surface area contributed by atoms with Crippen LogP contribution in [-0.4, -0.2) is 39.9 Å². The van der Waals surface area contributed by atoms with Crippen LogP contribution in [0.15, 0.2) is 63.0 Å². The number of alkyl halides is 3. The fourth-order valence-electron chi connectivity index (χ4n) is 4.03. The lowest BCUT2D eigenvalue weighted by Crippen LogP contribution is -2.50. The summed E-state index contributed by atoms with van der Waals surface area (Å²) in [5, 5.41) is 5.26. The standard InChI is InChI=1S/C24H23F3N4O6S/c1-14-2-8-18(9-3-14)38(35,36)30-19-20(22(33)21(19)32)31-12-10-16(11-13-31)29-23(34)28-15-4-6-17(7-5-15)37-24(25,26)27/h2-9,16,30H,10-13H2,1H3,(H2,28,29,34). The summed E-state index contributed by atoms with van der Waals surface area (Å²) in [7, 11) is -4.07. The Balaban J connectivity index is 1.32. The lowest BCUT2D eigenvalue weighted by molar-refractivity contribution is -0.274. The molecule has 0 atom stereocenters. The highest BCUT2D eigenvalue weighted by Crippen LogP contribution is 2.27. The first-order valence-electron chi connectivity index (χ1n) is 11.4. The SMILES string of the molecule is Cc1ccc(S(=O)(=O)Nc2c(N3CCC(NC(=O)Nc4ccc(OC(F)(F)F)cc4)CC3)c(=O)c2=O)cc1. The lowest BCUT2D eigenvalue weighted by atomic mass is 10.0. The molecule has 1 aliphatic rings. The third kappa shape index (κ3) is 6.25. The summed E-state index contributed by atoms with van der Waals surface area (Å²) >= 11 is 0. The zero-order valence-corrected chi connectivity index (χ0v) is 20.8. The number of sulfonamides is 1. The molecule has 0 radical (unpaired) electrons. The molecule has 38 heavy (non-hydrogen) atoms. The van der Waals surface area contributed by atoms with Gasteiger partial charge in [0.1, 0.15) is 17.1 Å². The van der Waals surface area contributed by atoms with Crippen LogP contribution in [0.25, 0.3) is 0 Å². The highest BCUT2D eigenvalue weighted by molar-refractivity contribution is 7.92. The van der Waals surface area contributed by atoms with Gasteiger partial charge < -0.3 is 20.3 Å². The number of benzene rings is 2. The molecule has 202 valence electrons. The summed E-state index contributed by atoms with van der Waals surface area (Å²) in [5.74, 6) is -0.422. The van der Waals surface area contributed by atoms with E-state index in [9.17, 15) is 36.0 Å². The van der Waals surface area contributed by atoms with Crippen molar-refractivity contribution in [2.75, 3.05) is 28.0 Å². The Morgan fingerprint density at radius 2 is 1.58 bits per heavy atom. The van der Waals surface area contributed by atoms with E-state index in [1.54, 1.807) is 24.0 Å². The molecule has 0 aliphatic carbocycles. The van der Waals surface area contributed by atoms with E-state index >= 15 is 0 Å². The minimum Gasteiger partial charge on any atom is -0.406 e. The van der Waals surface area contributed by atoms with E-state index in [0.29, 0.717) is 12.8 Å². The molecule has 14 heteroatoms. The van der Waals surface area contributed by atoms with Crippen molar-refractivity contribution < 1.29 is 31.1 Å². The number of nitrogens with one attached hydrogen (secondary N) is 3. The van der Waals surface area contributed by atoms with Gasteiger partial charge in [0.2, 0.25) is 0 Å². The largest absolute Gasteiger partial charge is 0.573 e. The van der Waals surface area contributed by atoms with Crippen molar-refractivity contribution in [2.24, 2.45) is 0 Å². The van der Waals surface area contributed by atoms with Crippen molar-refractivity contribution >= 4 is 33.1 Å². The van der Waals surface area contributed by atoms with Crippen LogP contribution in [0.1, 0.15) is 18.4 Å². The first-order chi connectivity index (χ1) is 17.8. The maximum Gasteiger partial charge on any atom is 0.573 e. The molecule has 3 aromatic rings. The van der Waals surface area contributed by atoms with Crippen molar-refractivity contribution in [1.29, 1.82) is 0 Å². The van der Waals surface area contributed by atoms with Crippen LogP contribution in [0.4, 0.5) is 35.0 Å². The molecule has 10 nitrogen and oxygen atoms in total. The molecular formula is C24H23F3N4O6S. The minimum absolute atomic E-state index is 0.00486. The maximum absolute atomic E-state index is 12.7. The smallest absolute Gasteiger partial charge is 0.406 e. The van der Waals surface area contributed by atoms with Crippen molar-refractivity contribution in [3.63, 3.8) is 0 Å². The van der Waals surface area contributed by atoms with Gasteiger partial charge in [-0.2, -0.15) is 0 Å². The number of hydrogen-bond donors (Lipinski definition) is 3. The molecule has 1 fully saturated rings. The van der Waals surface area contributed by atoms with Gasteiger partial charge in [-0.3, -0.25) is 14.3 Å². The zero-order chi connectivity index (χ0) is 27.7. The second-order valence-electron chi connectivity index (χ2n) is 8.73. The molecule has 3 aromatic carbocycles. The Bertz CT molecular complexity index is 1490. The van der Waals surface area contributed by atoms with Crippen LogP contribution in [-0.2, 0) is 10.0 Å². The summed E-state index contributed by atoms with van der Waals surface area (Å²) in [6, 6.07) is 9.81. The first-order valence-corrected chi connectivity index (χ1v) is 12.9. The highest BCUT2D eigenvalue weighted by atomic mass is 32.2. The van der Waals surface area contributed by atoms with E-state index in [2.05, 4.69) is 20.1 Å². The van der Waals surface area contributed by atoms with Gasteiger partial charge in [0, 0.05) is 24.8 Å². The number of rotatable bonds is 7. The molecule has 0 spiro atoms. The quantitative estimate of drug-likeness (QED) is 0.384. The second kappa shape index (κ2) is 10.4. The summed E-state index contributed by atoms with van der Waals surface area (Å²) in [6.45, 7) is 2.35. The fraction of sp³-hybridized carbons (Fsp3) is 0.292. The summed E-state index contributed by atoms with van der Waals surface area (Å²) in [6.07, 6.45) is -4.02. The zero-order valence-electron chi connectivity index (χ0n) is 20.0. The number of nitrogens with zero attached hydrogens (tertiary/aromatic N) is 1. The predicted molar refractivity (Wildman–Crippen MR) is 134 cm³/mol. The number of urea groups is 1. The van der Waals surface area contributed by atoms with E-state index in [1.807, 2.05) is 0 Å². The van der Waals surface area contributed by atoms with Gasteiger partial charge in [-0.1, -0.05) is 17.7 Å². The Kier molecular flexibility index (Phi) is 7.35. The Morgan fingerprint density at radius 1 is 0.974 bits per heavy atom. The van der Waals surface area contributed by atoms with Gasteiger partial charge in [0.15, 0.2) is 0 Å². The maximum atomic E-state index is 12.7. The van der Waals surface area contributed by atoms with Crippen molar-refractivity contribution in [3.05, 3.63) is 74.5 Å².